The van der Waals surface area contributed by atoms with E-state index in [9.17, 15) is 0 Å². The average molecular weight is 317 g/mol. The molecule has 0 bridgehead atoms. The first-order chi connectivity index (χ1) is 9.31. The number of aromatic nitrogens is 3. The molecule has 0 atom stereocenters. The molecule has 19 heavy (non-hydrogen) atoms. The predicted molar refractivity (Wildman–Crippen MR) is 75.0 cm³/mol. The molecule has 0 unspecified atom stereocenters. The quantitative estimate of drug-likeness (QED) is 0.799. The van der Waals surface area contributed by atoms with E-state index in [0.29, 0.717) is 11.8 Å². The van der Waals surface area contributed by atoms with Crippen molar-refractivity contribution in [3.63, 3.8) is 0 Å². The highest BCUT2D eigenvalue weighted by atomic mass is 79.9. The van der Waals surface area contributed by atoms with Gasteiger partial charge in [0.2, 0.25) is 5.82 Å². The van der Waals surface area contributed by atoms with E-state index >= 15 is 0 Å². The first kappa shape index (κ1) is 11.9. The summed E-state index contributed by atoms with van der Waals surface area (Å²) in [4.78, 5) is 8.27. The number of nitrogens with one attached hydrogen (secondary N) is 1. The fourth-order valence-corrected chi connectivity index (χ4v) is 1.81. The molecule has 0 aliphatic heterocycles. The molecule has 0 radical (unpaired) electrons. The van der Waals surface area contributed by atoms with E-state index in [-0.39, 0.29) is 0 Å². The second kappa shape index (κ2) is 5.19. The molecule has 5 nitrogen and oxygen atoms in total. The maximum Gasteiger partial charge on any atom is 0.326 e. The monoisotopic (exact) mass is 316 g/mol. The van der Waals surface area contributed by atoms with Crippen LogP contribution in [0.25, 0.3) is 11.4 Å². The maximum atomic E-state index is 5.14. The van der Waals surface area contributed by atoms with Gasteiger partial charge in [0, 0.05) is 28.1 Å². The number of halogens is 1. The fourth-order valence-electron chi connectivity index (χ4n) is 1.54. The van der Waals surface area contributed by atoms with Gasteiger partial charge in [0.1, 0.15) is 0 Å². The van der Waals surface area contributed by atoms with Crippen molar-refractivity contribution in [3.05, 3.63) is 53.3 Å². The highest BCUT2D eigenvalue weighted by molar-refractivity contribution is 9.10. The van der Waals surface area contributed by atoms with Crippen molar-refractivity contribution in [2.75, 3.05) is 5.32 Å². The molecule has 1 N–H and O–H groups in total. The lowest BCUT2D eigenvalue weighted by molar-refractivity contribution is 0.435. The van der Waals surface area contributed by atoms with E-state index in [1.54, 1.807) is 12.4 Å². The molecular formula is C13H9BrN4O. The average Bonchev–Trinajstić information content (AvgIpc) is 2.91. The predicted octanol–water partition coefficient (Wildman–Crippen LogP) is 3.64. The van der Waals surface area contributed by atoms with Gasteiger partial charge in [-0.25, -0.2) is 0 Å². The molecule has 2 heterocycles. The van der Waals surface area contributed by atoms with Gasteiger partial charge in [-0.2, -0.15) is 4.98 Å². The Balaban J connectivity index is 1.80. The number of benzene rings is 1. The zero-order chi connectivity index (χ0) is 13.1. The molecule has 2 aromatic heterocycles. The molecule has 0 spiro atoms. The fraction of sp³-hybridized carbons (Fsp3) is 0. The molecule has 0 fully saturated rings. The number of hydrogen-bond donors (Lipinski definition) is 1. The summed E-state index contributed by atoms with van der Waals surface area (Å²) in [6.45, 7) is 0. The molecule has 0 aliphatic rings. The molecule has 1 aromatic carbocycles. The standard InChI is InChI=1S/C13H9BrN4O/c14-10-3-5-11(6-4-10)16-13-17-12(18-19-13)9-2-1-7-15-8-9/h1-8H,(H,16,17,18). The van der Waals surface area contributed by atoms with Gasteiger partial charge >= 0.3 is 6.01 Å². The third-order valence-corrected chi connectivity index (χ3v) is 2.97. The Kier molecular flexibility index (Phi) is 3.24. The number of anilines is 2. The van der Waals surface area contributed by atoms with E-state index in [1.165, 1.54) is 0 Å². The Morgan fingerprint density at radius 2 is 1.95 bits per heavy atom. The van der Waals surface area contributed by atoms with Crippen LogP contribution in [-0.4, -0.2) is 15.1 Å². The molecule has 3 rings (SSSR count). The second-order valence-corrected chi connectivity index (χ2v) is 4.71. The largest absolute Gasteiger partial charge is 0.326 e. The SMILES string of the molecule is Brc1ccc(Nc2nc(-c3cccnc3)no2)cc1. The smallest absolute Gasteiger partial charge is 0.315 e. The normalized spacial score (nSPS) is 10.4. The number of rotatable bonds is 3. The van der Waals surface area contributed by atoms with Crippen LogP contribution in [0.1, 0.15) is 0 Å². The maximum absolute atomic E-state index is 5.14. The topological polar surface area (TPSA) is 63.8 Å². The van der Waals surface area contributed by atoms with E-state index in [4.69, 9.17) is 4.52 Å². The van der Waals surface area contributed by atoms with Crippen LogP contribution in [0.4, 0.5) is 11.7 Å². The molecule has 94 valence electrons. The molecule has 3 aromatic rings. The first-order valence-corrected chi connectivity index (χ1v) is 6.37. The van der Waals surface area contributed by atoms with Crippen LogP contribution >= 0.6 is 15.9 Å². The van der Waals surface area contributed by atoms with Crippen LogP contribution in [0.5, 0.6) is 0 Å². The third-order valence-electron chi connectivity index (χ3n) is 2.44. The summed E-state index contributed by atoms with van der Waals surface area (Å²) in [6.07, 6.45) is 3.39. The van der Waals surface area contributed by atoms with E-state index in [1.807, 2.05) is 36.4 Å². The van der Waals surface area contributed by atoms with Crippen molar-refractivity contribution >= 4 is 27.6 Å². The summed E-state index contributed by atoms with van der Waals surface area (Å²) in [7, 11) is 0. The van der Waals surface area contributed by atoms with Gasteiger partial charge in [-0.05, 0) is 36.4 Å². The van der Waals surface area contributed by atoms with Gasteiger partial charge in [0.25, 0.3) is 0 Å². The van der Waals surface area contributed by atoms with E-state index in [0.717, 1.165) is 15.7 Å². The van der Waals surface area contributed by atoms with Gasteiger partial charge in [0.15, 0.2) is 0 Å². The highest BCUT2D eigenvalue weighted by Crippen LogP contribution is 2.20. The molecule has 0 aliphatic carbocycles. The molecular weight excluding hydrogens is 308 g/mol. The van der Waals surface area contributed by atoms with Gasteiger partial charge in [0.05, 0.1) is 0 Å². The van der Waals surface area contributed by atoms with E-state index in [2.05, 4.69) is 36.4 Å². The van der Waals surface area contributed by atoms with Gasteiger partial charge in [-0.15, -0.1) is 0 Å². The van der Waals surface area contributed by atoms with Crippen molar-refractivity contribution in [1.82, 2.24) is 15.1 Å². The van der Waals surface area contributed by atoms with Crippen LogP contribution in [-0.2, 0) is 0 Å². The number of pyridine rings is 1. The Labute approximate surface area is 117 Å². The Bertz CT molecular complexity index is 667. The zero-order valence-corrected chi connectivity index (χ0v) is 11.3. The third kappa shape index (κ3) is 2.79. The highest BCUT2D eigenvalue weighted by Gasteiger charge is 2.08. The van der Waals surface area contributed by atoms with Crippen LogP contribution in [0.2, 0.25) is 0 Å². The van der Waals surface area contributed by atoms with Crippen LogP contribution < -0.4 is 5.32 Å². The van der Waals surface area contributed by atoms with Crippen LogP contribution in [0.15, 0.2) is 57.8 Å². The number of hydrogen-bond acceptors (Lipinski definition) is 5. The summed E-state index contributed by atoms with van der Waals surface area (Å²) in [5.74, 6) is 0.507. The van der Waals surface area contributed by atoms with Crippen molar-refractivity contribution in [2.24, 2.45) is 0 Å². The number of nitrogens with zero attached hydrogens (tertiary/aromatic N) is 3. The van der Waals surface area contributed by atoms with Crippen LogP contribution in [0, 0.1) is 0 Å². The Morgan fingerprint density at radius 3 is 2.68 bits per heavy atom. The molecule has 6 heteroatoms. The summed E-state index contributed by atoms with van der Waals surface area (Å²) in [6, 6.07) is 11.7. The zero-order valence-electron chi connectivity index (χ0n) is 9.75. The van der Waals surface area contributed by atoms with Crippen molar-refractivity contribution in [1.29, 1.82) is 0 Å². The minimum atomic E-state index is 0.348. The molecule has 0 saturated carbocycles. The second-order valence-electron chi connectivity index (χ2n) is 3.80. The van der Waals surface area contributed by atoms with Crippen molar-refractivity contribution < 1.29 is 4.52 Å². The Morgan fingerprint density at radius 1 is 1.11 bits per heavy atom. The lowest BCUT2D eigenvalue weighted by Gasteiger charge is -1.99. The Hall–Kier alpha value is -2.21. The molecule has 0 saturated heterocycles. The lowest BCUT2D eigenvalue weighted by Crippen LogP contribution is -1.90. The lowest BCUT2D eigenvalue weighted by atomic mass is 10.3. The minimum Gasteiger partial charge on any atom is -0.315 e. The summed E-state index contributed by atoms with van der Waals surface area (Å²) in [5, 5.41) is 6.94. The minimum absolute atomic E-state index is 0.348. The van der Waals surface area contributed by atoms with Crippen LogP contribution in [0.3, 0.4) is 0 Å². The first-order valence-electron chi connectivity index (χ1n) is 5.58. The summed E-state index contributed by atoms with van der Waals surface area (Å²) in [5.41, 5.74) is 1.69. The molecule has 0 amide bonds. The van der Waals surface area contributed by atoms with E-state index < -0.39 is 0 Å². The van der Waals surface area contributed by atoms with Gasteiger partial charge in [-0.1, -0.05) is 21.1 Å². The van der Waals surface area contributed by atoms with Gasteiger partial charge < -0.3 is 9.84 Å². The summed E-state index contributed by atoms with van der Waals surface area (Å²) < 4.78 is 6.16. The summed E-state index contributed by atoms with van der Waals surface area (Å²) >= 11 is 3.38. The van der Waals surface area contributed by atoms with Crippen molar-refractivity contribution in [3.8, 4) is 11.4 Å². The van der Waals surface area contributed by atoms with Crippen molar-refractivity contribution in [2.45, 2.75) is 0 Å². The van der Waals surface area contributed by atoms with Gasteiger partial charge in [-0.3, -0.25) is 4.98 Å².